The lowest BCUT2D eigenvalue weighted by molar-refractivity contribution is 0.278. The van der Waals surface area contributed by atoms with Gasteiger partial charge in [0.1, 0.15) is 0 Å². The Morgan fingerprint density at radius 3 is 2.47 bits per heavy atom. The van der Waals surface area contributed by atoms with E-state index in [0.29, 0.717) is 0 Å². The van der Waals surface area contributed by atoms with E-state index in [0.717, 1.165) is 12.2 Å². The van der Waals surface area contributed by atoms with Crippen molar-refractivity contribution in [3.8, 4) is 0 Å². The summed E-state index contributed by atoms with van der Waals surface area (Å²) >= 11 is 1.36. The first-order valence-electron chi connectivity index (χ1n) is 5.66. The second kappa shape index (κ2) is 4.94. The van der Waals surface area contributed by atoms with Crippen LogP contribution in [0.25, 0.3) is 0 Å². The molecule has 1 aromatic heterocycles. The van der Waals surface area contributed by atoms with E-state index >= 15 is 0 Å². The molecule has 1 aliphatic rings. The number of likely N-dealkylation sites (tertiary alicyclic amines) is 1. The number of hydrogen-bond acceptors (Lipinski definition) is 3. The number of H-pyrrole nitrogens is 1. The van der Waals surface area contributed by atoms with Gasteiger partial charge in [0.2, 0.25) is 0 Å². The van der Waals surface area contributed by atoms with E-state index in [2.05, 4.69) is 9.88 Å². The molecule has 84 valence electrons. The second-order valence-electron chi connectivity index (χ2n) is 4.25. The van der Waals surface area contributed by atoms with E-state index in [1.54, 1.807) is 0 Å². The highest BCUT2D eigenvalue weighted by Crippen LogP contribution is 2.16. The molecule has 1 fully saturated rings. The molecule has 0 saturated carbocycles. The summed E-state index contributed by atoms with van der Waals surface area (Å²) in [4.78, 5) is 17.8. The molecule has 0 atom stereocenters. The van der Waals surface area contributed by atoms with E-state index < -0.39 is 0 Å². The minimum atomic E-state index is 0.0809. The van der Waals surface area contributed by atoms with Gasteiger partial charge in [-0.25, -0.2) is 0 Å². The lowest BCUT2D eigenvalue weighted by Crippen LogP contribution is -2.23. The summed E-state index contributed by atoms with van der Waals surface area (Å²) < 4.78 is 0. The molecular weight excluding hydrogens is 208 g/mol. The zero-order valence-corrected chi connectivity index (χ0v) is 10.0. The fourth-order valence-corrected chi connectivity index (χ4v) is 2.96. The molecule has 1 aliphatic heterocycles. The number of thiazole rings is 1. The minimum Gasteiger partial charge on any atom is -0.317 e. The maximum absolute atomic E-state index is 11.2. The van der Waals surface area contributed by atoms with Crippen molar-refractivity contribution in [1.29, 1.82) is 0 Å². The third-order valence-electron chi connectivity index (χ3n) is 2.99. The fraction of sp³-hybridized carbons (Fsp3) is 0.727. The molecule has 2 heterocycles. The first-order chi connectivity index (χ1) is 7.25. The van der Waals surface area contributed by atoms with Crippen molar-refractivity contribution in [2.75, 3.05) is 13.1 Å². The van der Waals surface area contributed by atoms with Crippen LogP contribution in [-0.2, 0) is 6.54 Å². The predicted molar refractivity (Wildman–Crippen MR) is 63.4 cm³/mol. The molecular formula is C11H18N2OS. The van der Waals surface area contributed by atoms with Gasteiger partial charge in [0.15, 0.2) is 0 Å². The van der Waals surface area contributed by atoms with Crippen LogP contribution in [0.2, 0.25) is 0 Å². The molecule has 2 rings (SSSR count). The molecule has 0 bridgehead atoms. The first-order valence-corrected chi connectivity index (χ1v) is 6.48. The molecule has 0 aliphatic carbocycles. The number of aryl methyl sites for hydroxylation is 1. The standard InChI is InChI=1S/C11H18N2OS/c1-9-10(15-11(14)12-9)8-13-6-4-2-3-5-7-13/h2-8H2,1H3,(H,12,14). The van der Waals surface area contributed by atoms with E-state index in [1.165, 1.54) is 55.0 Å². The minimum absolute atomic E-state index is 0.0809. The van der Waals surface area contributed by atoms with Gasteiger partial charge in [0.05, 0.1) is 0 Å². The third-order valence-corrected chi connectivity index (χ3v) is 3.96. The van der Waals surface area contributed by atoms with Crippen LogP contribution in [0.5, 0.6) is 0 Å². The monoisotopic (exact) mass is 226 g/mol. The Labute approximate surface area is 94.1 Å². The fourth-order valence-electron chi connectivity index (χ4n) is 2.09. The summed E-state index contributed by atoms with van der Waals surface area (Å²) in [5.74, 6) is 0. The van der Waals surface area contributed by atoms with Gasteiger partial charge in [0.25, 0.3) is 0 Å². The van der Waals surface area contributed by atoms with Crippen LogP contribution in [0, 0.1) is 6.92 Å². The summed E-state index contributed by atoms with van der Waals surface area (Å²) in [7, 11) is 0. The Morgan fingerprint density at radius 1 is 1.27 bits per heavy atom. The van der Waals surface area contributed by atoms with Gasteiger partial charge in [0, 0.05) is 17.1 Å². The van der Waals surface area contributed by atoms with Gasteiger partial charge in [-0.15, -0.1) is 0 Å². The Hall–Kier alpha value is -0.610. The van der Waals surface area contributed by atoms with Crippen molar-refractivity contribution in [3.63, 3.8) is 0 Å². The predicted octanol–water partition coefficient (Wildman–Crippen LogP) is 2.12. The van der Waals surface area contributed by atoms with E-state index in [1.807, 2.05) is 6.92 Å². The van der Waals surface area contributed by atoms with Gasteiger partial charge in [-0.1, -0.05) is 24.2 Å². The Bertz CT molecular complexity index is 361. The topological polar surface area (TPSA) is 36.1 Å². The highest BCUT2D eigenvalue weighted by atomic mass is 32.1. The van der Waals surface area contributed by atoms with E-state index in [-0.39, 0.29) is 4.87 Å². The number of aromatic amines is 1. The van der Waals surface area contributed by atoms with Crippen LogP contribution in [0.15, 0.2) is 4.79 Å². The van der Waals surface area contributed by atoms with Crippen molar-refractivity contribution in [1.82, 2.24) is 9.88 Å². The van der Waals surface area contributed by atoms with Gasteiger partial charge in [-0.3, -0.25) is 9.69 Å². The van der Waals surface area contributed by atoms with E-state index in [9.17, 15) is 4.79 Å². The summed E-state index contributed by atoms with van der Waals surface area (Å²) in [5, 5.41) is 0. The average molecular weight is 226 g/mol. The summed E-state index contributed by atoms with van der Waals surface area (Å²) in [6.45, 7) is 5.32. The molecule has 1 aromatic rings. The lowest BCUT2D eigenvalue weighted by Gasteiger charge is -2.18. The number of nitrogens with one attached hydrogen (secondary N) is 1. The maximum atomic E-state index is 11.2. The summed E-state index contributed by atoms with van der Waals surface area (Å²) in [5.41, 5.74) is 1.05. The van der Waals surface area contributed by atoms with Crippen LogP contribution in [-0.4, -0.2) is 23.0 Å². The molecule has 4 heteroatoms. The number of nitrogens with zero attached hydrogens (tertiary/aromatic N) is 1. The van der Waals surface area contributed by atoms with Crippen LogP contribution in [0.1, 0.15) is 36.3 Å². The normalized spacial score (nSPS) is 19.0. The first kappa shape index (κ1) is 10.9. The van der Waals surface area contributed by atoms with Crippen LogP contribution >= 0.6 is 11.3 Å². The van der Waals surface area contributed by atoms with Gasteiger partial charge >= 0.3 is 4.87 Å². The number of aromatic nitrogens is 1. The molecule has 15 heavy (non-hydrogen) atoms. The highest BCUT2D eigenvalue weighted by Gasteiger charge is 2.12. The highest BCUT2D eigenvalue weighted by molar-refractivity contribution is 7.09. The van der Waals surface area contributed by atoms with Crippen LogP contribution in [0.4, 0.5) is 0 Å². The second-order valence-corrected chi connectivity index (χ2v) is 5.32. The Kier molecular flexibility index (Phi) is 3.59. The lowest BCUT2D eigenvalue weighted by atomic mass is 10.2. The van der Waals surface area contributed by atoms with Crippen molar-refractivity contribution < 1.29 is 0 Å². The largest absolute Gasteiger partial charge is 0.317 e. The van der Waals surface area contributed by atoms with Crippen molar-refractivity contribution in [3.05, 3.63) is 20.2 Å². The Morgan fingerprint density at radius 2 is 1.93 bits per heavy atom. The molecule has 1 N–H and O–H groups in total. The van der Waals surface area contributed by atoms with E-state index in [4.69, 9.17) is 0 Å². The number of rotatable bonds is 2. The summed E-state index contributed by atoms with van der Waals surface area (Å²) in [6.07, 6.45) is 5.33. The zero-order valence-electron chi connectivity index (χ0n) is 9.21. The van der Waals surface area contributed by atoms with Crippen LogP contribution in [0.3, 0.4) is 0 Å². The quantitative estimate of drug-likeness (QED) is 0.838. The zero-order chi connectivity index (χ0) is 10.7. The molecule has 0 spiro atoms. The van der Waals surface area contributed by atoms with Crippen molar-refractivity contribution in [2.24, 2.45) is 0 Å². The van der Waals surface area contributed by atoms with Crippen molar-refractivity contribution in [2.45, 2.75) is 39.2 Å². The van der Waals surface area contributed by atoms with Gasteiger partial charge in [-0.05, 0) is 32.9 Å². The van der Waals surface area contributed by atoms with Gasteiger partial charge in [-0.2, -0.15) is 0 Å². The molecule has 3 nitrogen and oxygen atoms in total. The van der Waals surface area contributed by atoms with Crippen molar-refractivity contribution >= 4 is 11.3 Å². The third kappa shape index (κ3) is 2.92. The summed E-state index contributed by atoms with van der Waals surface area (Å²) in [6, 6.07) is 0. The van der Waals surface area contributed by atoms with Gasteiger partial charge < -0.3 is 4.98 Å². The smallest absolute Gasteiger partial charge is 0.304 e. The SMILES string of the molecule is Cc1[nH]c(=O)sc1CN1CCCCCC1. The maximum Gasteiger partial charge on any atom is 0.304 e. The molecule has 0 unspecified atom stereocenters. The van der Waals surface area contributed by atoms with Crippen LogP contribution < -0.4 is 4.87 Å². The average Bonchev–Trinajstić information content (AvgIpc) is 2.44. The Balaban J connectivity index is 2.00. The molecule has 0 radical (unpaired) electrons. The molecule has 0 amide bonds. The molecule has 0 aromatic carbocycles. The molecule has 1 saturated heterocycles. The number of hydrogen-bond donors (Lipinski definition) is 1.